The van der Waals surface area contributed by atoms with Gasteiger partial charge in [0, 0.05) is 0 Å². The second-order valence-electron chi connectivity index (χ2n) is 3.47. The third-order valence-corrected chi connectivity index (χ3v) is 2.34. The van der Waals surface area contributed by atoms with Crippen molar-refractivity contribution in [2.24, 2.45) is 0 Å². The Morgan fingerprint density at radius 3 is 2.53 bits per heavy atom. The van der Waals surface area contributed by atoms with Gasteiger partial charge in [-0.2, -0.15) is 5.26 Å². The van der Waals surface area contributed by atoms with Gasteiger partial charge in [0.25, 0.3) is 5.88 Å². The summed E-state index contributed by atoms with van der Waals surface area (Å²) in [6.45, 7) is 0. The maximum absolute atomic E-state index is 8.97. The van der Waals surface area contributed by atoms with Crippen LogP contribution in [0.1, 0.15) is 5.56 Å². The summed E-state index contributed by atoms with van der Waals surface area (Å²) in [5.74, 6) is 1.30. The van der Waals surface area contributed by atoms with Crippen LogP contribution in [-0.2, 0) is 0 Å². The zero-order chi connectivity index (χ0) is 13.7. The number of aromatic nitrogens is 2. The van der Waals surface area contributed by atoms with E-state index in [0.29, 0.717) is 17.1 Å². The van der Waals surface area contributed by atoms with Crippen molar-refractivity contribution in [1.82, 2.24) is 10.2 Å². The molecular formula is C13H11N3O3. The fourth-order valence-corrected chi connectivity index (χ4v) is 1.44. The van der Waals surface area contributed by atoms with E-state index in [9.17, 15) is 0 Å². The highest BCUT2D eigenvalue weighted by Gasteiger charge is 2.10. The number of rotatable bonds is 4. The first-order chi connectivity index (χ1) is 9.28. The van der Waals surface area contributed by atoms with E-state index in [-0.39, 0.29) is 11.8 Å². The fourth-order valence-electron chi connectivity index (χ4n) is 1.44. The van der Waals surface area contributed by atoms with Gasteiger partial charge < -0.3 is 14.2 Å². The molecule has 0 bridgehead atoms. The molecule has 6 nitrogen and oxygen atoms in total. The van der Waals surface area contributed by atoms with Crippen LogP contribution in [0, 0.1) is 11.3 Å². The molecule has 96 valence electrons. The molecule has 0 unspecified atom stereocenters. The SMILES string of the molecule is COc1cc(Oc2ccccc2C#N)nnc1OC. The van der Waals surface area contributed by atoms with Gasteiger partial charge in [0.15, 0.2) is 5.75 Å². The smallest absolute Gasteiger partial charge is 0.276 e. The molecule has 0 saturated heterocycles. The third-order valence-electron chi connectivity index (χ3n) is 2.34. The van der Waals surface area contributed by atoms with Crippen molar-refractivity contribution in [3.63, 3.8) is 0 Å². The second kappa shape index (κ2) is 5.69. The Morgan fingerprint density at radius 2 is 1.84 bits per heavy atom. The van der Waals surface area contributed by atoms with Crippen LogP contribution < -0.4 is 14.2 Å². The van der Waals surface area contributed by atoms with Gasteiger partial charge in [0.2, 0.25) is 5.88 Å². The summed E-state index contributed by atoms with van der Waals surface area (Å²) in [5, 5.41) is 16.6. The minimum atomic E-state index is 0.223. The van der Waals surface area contributed by atoms with Crippen molar-refractivity contribution in [3.8, 4) is 29.3 Å². The summed E-state index contributed by atoms with van der Waals surface area (Å²) in [5.41, 5.74) is 0.416. The zero-order valence-corrected chi connectivity index (χ0v) is 10.5. The molecule has 0 aliphatic heterocycles. The Labute approximate surface area is 110 Å². The van der Waals surface area contributed by atoms with Gasteiger partial charge in [-0.05, 0) is 12.1 Å². The highest BCUT2D eigenvalue weighted by Crippen LogP contribution is 2.29. The lowest BCUT2D eigenvalue weighted by molar-refractivity contribution is 0.331. The van der Waals surface area contributed by atoms with Gasteiger partial charge in [-0.25, -0.2) is 0 Å². The standard InChI is InChI=1S/C13H11N3O3/c1-17-11-7-12(15-16-13(11)18-2)19-10-6-4-3-5-9(10)8-14/h3-7H,1-2H3. The van der Waals surface area contributed by atoms with Crippen molar-refractivity contribution in [3.05, 3.63) is 35.9 Å². The Kier molecular flexibility index (Phi) is 3.78. The molecule has 2 rings (SSSR count). The molecule has 0 radical (unpaired) electrons. The zero-order valence-electron chi connectivity index (χ0n) is 10.5. The summed E-state index contributed by atoms with van der Waals surface area (Å²) in [6, 6.07) is 10.4. The van der Waals surface area contributed by atoms with E-state index < -0.39 is 0 Å². The monoisotopic (exact) mass is 257 g/mol. The number of benzene rings is 1. The molecule has 1 heterocycles. The average Bonchev–Trinajstić information content (AvgIpc) is 2.47. The van der Waals surface area contributed by atoms with Crippen molar-refractivity contribution < 1.29 is 14.2 Å². The molecule has 6 heteroatoms. The normalized spacial score (nSPS) is 9.53. The van der Waals surface area contributed by atoms with E-state index in [1.165, 1.54) is 14.2 Å². The average molecular weight is 257 g/mol. The van der Waals surface area contributed by atoms with Crippen LogP contribution in [0.25, 0.3) is 0 Å². The first-order valence-corrected chi connectivity index (χ1v) is 5.41. The molecule has 0 fully saturated rings. The van der Waals surface area contributed by atoms with E-state index in [4.69, 9.17) is 19.5 Å². The second-order valence-corrected chi connectivity index (χ2v) is 3.47. The van der Waals surface area contributed by atoms with E-state index in [0.717, 1.165) is 0 Å². The predicted octanol–water partition coefficient (Wildman–Crippen LogP) is 2.16. The number of hydrogen-bond acceptors (Lipinski definition) is 6. The number of nitriles is 1. The number of hydrogen-bond donors (Lipinski definition) is 0. The van der Waals surface area contributed by atoms with Gasteiger partial charge >= 0.3 is 0 Å². The van der Waals surface area contributed by atoms with Gasteiger partial charge in [-0.3, -0.25) is 0 Å². The predicted molar refractivity (Wildman–Crippen MR) is 66.4 cm³/mol. The minimum absolute atomic E-state index is 0.223. The summed E-state index contributed by atoms with van der Waals surface area (Å²) in [4.78, 5) is 0. The fraction of sp³-hybridized carbons (Fsp3) is 0.154. The van der Waals surface area contributed by atoms with Crippen LogP contribution in [0.15, 0.2) is 30.3 Å². The summed E-state index contributed by atoms with van der Waals surface area (Å²) in [7, 11) is 2.96. The number of para-hydroxylation sites is 1. The highest BCUT2D eigenvalue weighted by atomic mass is 16.5. The molecule has 0 N–H and O–H groups in total. The minimum Gasteiger partial charge on any atom is -0.491 e. The molecule has 0 aliphatic carbocycles. The summed E-state index contributed by atoms with van der Waals surface area (Å²) < 4.78 is 15.6. The van der Waals surface area contributed by atoms with Crippen molar-refractivity contribution in [2.45, 2.75) is 0 Å². The molecule has 1 aromatic heterocycles. The van der Waals surface area contributed by atoms with Crippen molar-refractivity contribution >= 4 is 0 Å². The van der Waals surface area contributed by atoms with Crippen LogP contribution in [0.5, 0.6) is 23.3 Å². The van der Waals surface area contributed by atoms with Crippen molar-refractivity contribution in [2.75, 3.05) is 14.2 Å². The quantitative estimate of drug-likeness (QED) is 0.835. The first-order valence-electron chi connectivity index (χ1n) is 5.41. The van der Waals surface area contributed by atoms with Crippen molar-refractivity contribution in [1.29, 1.82) is 5.26 Å². The Balaban J connectivity index is 2.31. The molecule has 2 aromatic rings. The van der Waals surface area contributed by atoms with E-state index in [1.807, 2.05) is 6.07 Å². The highest BCUT2D eigenvalue weighted by molar-refractivity contribution is 5.45. The van der Waals surface area contributed by atoms with Crippen LogP contribution in [0.3, 0.4) is 0 Å². The van der Waals surface area contributed by atoms with E-state index in [2.05, 4.69) is 10.2 Å². The third kappa shape index (κ3) is 2.72. The van der Waals surface area contributed by atoms with Gasteiger partial charge in [0.05, 0.1) is 25.8 Å². The molecule has 0 aliphatic rings. The van der Waals surface area contributed by atoms with Gasteiger partial charge in [0.1, 0.15) is 11.8 Å². The molecule has 0 amide bonds. The lowest BCUT2D eigenvalue weighted by Crippen LogP contribution is -1.98. The molecule has 0 atom stereocenters. The first kappa shape index (κ1) is 12.6. The summed E-state index contributed by atoms with van der Waals surface area (Å²) >= 11 is 0. The largest absolute Gasteiger partial charge is 0.491 e. The number of methoxy groups -OCH3 is 2. The van der Waals surface area contributed by atoms with E-state index >= 15 is 0 Å². The maximum atomic E-state index is 8.97. The Bertz CT molecular complexity index is 623. The summed E-state index contributed by atoms with van der Waals surface area (Å²) in [6.07, 6.45) is 0. The molecule has 1 aromatic carbocycles. The van der Waals surface area contributed by atoms with Gasteiger partial charge in [-0.1, -0.05) is 12.1 Å². The van der Waals surface area contributed by atoms with Gasteiger partial charge in [-0.15, -0.1) is 10.2 Å². The molecule has 0 saturated carbocycles. The maximum Gasteiger partial charge on any atom is 0.276 e. The van der Waals surface area contributed by atoms with E-state index in [1.54, 1.807) is 30.3 Å². The molecule has 19 heavy (non-hydrogen) atoms. The van der Waals surface area contributed by atoms with Crippen LogP contribution in [-0.4, -0.2) is 24.4 Å². The number of ether oxygens (including phenoxy) is 3. The molecular weight excluding hydrogens is 246 g/mol. The van der Waals surface area contributed by atoms with Crippen LogP contribution >= 0.6 is 0 Å². The van der Waals surface area contributed by atoms with Crippen LogP contribution in [0.4, 0.5) is 0 Å². The Hall–Kier alpha value is -2.81. The lowest BCUT2D eigenvalue weighted by Gasteiger charge is -2.08. The van der Waals surface area contributed by atoms with Crippen LogP contribution in [0.2, 0.25) is 0 Å². The Morgan fingerprint density at radius 1 is 1.05 bits per heavy atom. The number of nitrogens with zero attached hydrogens (tertiary/aromatic N) is 3. The topological polar surface area (TPSA) is 77.3 Å². The lowest BCUT2D eigenvalue weighted by atomic mass is 10.2. The molecule has 0 spiro atoms.